The normalized spacial score (nSPS) is 11.0. The predicted molar refractivity (Wildman–Crippen MR) is 56.3 cm³/mol. The van der Waals surface area contributed by atoms with Gasteiger partial charge in [0, 0.05) is 6.54 Å². The van der Waals surface area contributed by atoms with Gasteiger partial charge in [0.25, 0.3) is 0 Å². The molecule has 1 unspecified atom stereocenters. The lowest BCUT2D eigenvalue weighted by Gasteiger charge is -1.96. The summed E-state index contributed by atoms with van der Waals surface area (Å²) in [6.45, 7) is 0.643. The fourth-order valence-corrected chi connectivity index (χ4v) is 2.08. The molecule has 0 fully saturated rings. The van der Waals surface area contributed by atoms with Crippen LogP contribution >= 0.6 is 28.3 Å². The van der Waals surface area contributed by atoms with Crippen molar-refractivity contribution < 1.29 is 0 Å². The Balaban J connectivity index is 2.80. The number of hydrogen-bond donors (Lipinski definition) is 1. The molecule has 0 saturated heterocycles. The highest BCUT2D eigenvalue weighted by molar-refractivity contribution is 14.2. The first-order valence-electron chi connectivity index (χ1n) is 3.02. The number of rotatable bonds is 2. The molecule has 0 radical (unpaired) electrons. The van der Waals surface area contributed by atoms with E-state index in [0.29, 0.717) is 6.54 Å². The van der Waals surface area contributed by atoms with Gasteiger partial charge in [-0.1, -0.05) is 46.3 Å². The summed E-state index contributed by atoms with van der Waals surface area (Å²) in [7, 11) is 0. The van der Waals surface area contributed by atoms with Crippen molar-refractivity contribution >= 4 is 33.6 Å². The van der Waals surface area contributed by atoms with E-state index in [9.17, 15) is 0 Å². The van der Waals surface area contributed by atoms with Gasteiger partial charge >= 0.3 is 0 Å². The van der Waals surface area contributed by atoms with Crippen molar-refractivity contribution in [3.8, 4) is 0 Å². The Labute approximate surface area is 75.7 Å². The van der Waals surface area contributed by atoms with Gasteiger partial charge in [0.1, 0.15) is 0 Å². The highest BCUT2D eigenvalue weighted by atomic mass is 127. The smallest absolute Gasteiger partial charge is 0.0178 e. The summed E-state index contributed by atoms with van der Waals surface area (Å²) in [6, 6.07) is 8.43. The third kappa shape index (κ3) is 2.19. The summed E-state index contributed by atoms with van der Waals surface area (Å²) in [5.74, 6) is 0. The van der Waals surface area contributed by atoms with Gasteiger partial charge in [-0.25, -0.2) is 0 Å². The van der Waals surface area contributed by atoms with Crippen molar-refractivity contribution in [2.45, 2.75) is 6.54 Å². The van der Waals surface area contributed by atoms with E-state index in [1.165, 1.54) is 10.9 Å². The van der Waals surface area contributed by atoms with Crippen LogP contribution in [0.25, 0.3) is 0 Å². The zero-order chi connectivity index (χ0) is 7.40. The summed E-state index contributed by atoms with van der Waals surface area (Å²) in [4.78, 5) is 0. The number of hydrogen-bond acceptors (Lipinski definition) is 1. The number of halogens is 1. The molecule has 0 bridgehead atoms. The minimum Gasteiger partial charge on any atom is -0.326 e. The predicted octanol–water partition coefficient (Wildman–Crippen LogP) is 1.80. The first-order chi connectivity index (χ1) is 4.86. The molecule has 1 atom stereocenters. The lowest BCUT2D eigenvalue weighted by atomic mass is 10.2. The van der Waals surface area contributed by atoms with E-state index in [1.807, 2.05) is 0 Å². The highest BCUT2D eigenvalue weighted by Crippen LogP contribution is 2.19. The van der Waals surface area contributed by atoms with Crippen molar-refractivity contribution in [3.63, 3.8) is 0 Å². The third-order valence-corrected chi connectivity index (χ3v) is 3.72. The van der Waals surface area contributed by atoms with Crippen LogP contribution in [-0.2, 0) is 6.54 Å². The Morgan fingerprint density at radius 2 is 1.90 bits per heavy atom. The van der Waals surface area contributed by atoms with Gasteiger partial charge in [0.15, 0.2) is 0 Å². The molecule has 1 aromatic rings. The second-order valence-electron chi connectivity index (χ2n) is 2.00. The zero-order valence-electron chi connectivity index (χ0n) is 5.47. The largest absolute Gasteiger partial charge is 0.326 e. The minimum atomic E-state index is 0.643. The summed E-state index contributed by atoms with van der Waals surface area (Å²) in [5, 5.41) is 1.39. The average Bonchev–Trinajstić information content (AvgIpc) is 2.05. The molecular formula is C7H9INP. The molecule has 0 saturated carbocycles. The number of benzene rings is 1. The average molecular weight is 265 g/mol. The quantitative estimate of drug-likeness (QED) is 0.640. The van der Waals surface area contributed by atoms with Gasteiger partial charge in [-0.3, -0.25) is 0 Å². The van der Waals surface area contributed by atoms with Crippen LogP contribution in [0.3, 0.4) is 0 Å². The molecule has 2 N–H and O–H groups in total. The molecule has 0 aliphatic carbocycles. The van der Waals surface area contributed by atoms with Crippen LogP contribution in [0.4, 0.5) is 0 Å². The van der Waals surface area contributed by atoms with E-state index >= 15 is 0 Å². The minimum absolute atomic E-state index is 0.643. The Hall–Kier alpha value is 0.340. The molecule has 10 heavy (non-hydrogen) atoms. The van der Waals surface area contributed by atoms with Crippen LogP contribution < -0.4 is 11.0 Å². The molecule has 1 rings (SSSR count). The molecule has 1 aromatic carbocycles. The van der Waals surface area contributed by atoms with Crippen molar-refractivity contribution in [2.75, 3.05) is 0 Å². The molecule has 0 amide bonds. The molecule has 0 aliphatic heterocycles. The lowest BCUT2D eigenvalue weighted by molar-refractivity contribution is 1.07. The highest BCUT2D eigenvalue weighted by Gasteiger charge is 1.89. The molecule has 0 aliphatic rings. The maximum atomic E-state index is 5.44. The van der Waals surface area contributed by atoms with Gasteiger partial charge in [0.05, 0.1) is 0 Å². The molecule has 1 nitrogen and oxygen atoms in total. The van der Waals surface area contributed by atoms with Crippen LogP contribution in [0.2, 0.25) is 0 Å². The molecule has 54 valence electrons. The van der Waals surface area contributed by atoms with Crippen LogP contribution in [0.5, 0.6) is 0 Å². The maximum Gasteiger partial charge on any atom is 0.0178 e. The van der Waals surface area contributed by atoms with Gasteiger partial charge in [0.2, 0.25) is 0 Å². The standard InChI is InChI=1S/C7H9INP/c8-10-7-3-1-6(5-9)2-4-7/h1-4,10H,5,9H2. The van der Waals surface area contributed by atoms with Gasteiger partial charge in [-0.15, -0.1) is 0 Å². The van der Waals surface area contributed by atoms with Crippen LogP contribution in [0.1, 0.15) is 5.56 Å². The third-order valence-electron chi connectivity index (χ3n) is 1.30. The fraction of sp³-hybridized carbons (Fsp3) is 0.143. The van der Waals surface area contributed by atoms with E-state index in [4.69, 9.17) is 5.73 Å². The Morgan fingerprint density at radius 1 is 1.30 bits per heavy atom. The van der Waals surface area contributed by atoms with Crippen LogP contribution in [-0.4, -0.2) is 0 Å². The van der Waals surface area contributed by atoms with Gasteiger partial charge < -0.3 is 5.73 Å². The van der Waals surface area contributed by atoms with E-state index in [-0.39, 0.29) is 0 Å². The van der Waals surface area contributed by atoms with Gasteiger partial charge in [-0.2, -0.15) is 0 Å². The molecular weight excluding hydrogens is 256 g/mol. The Morgan fingerprint density at radius 3 is 2.30 bits per heavy atom. The zero-order valence-corrected chi connectivity index (χ0v) is 8.63. The van der Waals surface area contributed by atoms with E-state index in [2.05, 4.69) is 46.3 Å². The first-order valence-corrected chi connectivity index (χ1v) is 7.14. The van der Waals surface area contributed by atoms with E-state index < -0.39 is 0 Å². The molecule has 0 aromatic heterocycles. The molecule has 3 heteroatoms. The molecule has 0 spiro atoms. The van der Waals surface area contributed by atoms with Gasteiger partial charge in [-0.05, 0) is 17.1 Å². The monoisotopic (exact) mass is 265 g/mol. The van der Waals surface area contributed by atoms with Crippen molar-refractivity contribution in [2.24, 2.45) is 5.73 Å². The van der Waals surface area contributed by atoms with Crippen molar-refractivity contribution in [1.29, 1.82) is 0 Å². The van der Waals surface area contributed by atoms with Crippen molar-refractivity contribution in [1.82, 2.24) is 0 Å². The van der Waals surface area contributed by atoms with Crippen molar-refractivity contribution in [3.05, 3.63) is 29.8 Å². The lowest BCUT2D eigenvalue weighted by Crippen LogP contribution is -1.98. The topological polar surface area (TPSA) is 26.0 Å². The van der Waals surface area contributed by atoms with E-state index in [1.54, 1.807) is 0 Å². The fourth-order valence-electron chi connectivity index (χ4n) is 0.704. The molecule has 0 heterocycles. The second kappa shape index (κ2) is 4.27. The maximum absolute atomic E-state index is 5.44. The first kappa shape index (κ1) is 8.44. The Kier molecular flexibility index (Phi) is 3.60. The van der Waals surface area contributed by atoms with Crippen LogP contribution in [0, 0.1) is 0 Å². The summed E-state index contributed by atoms with van der Waals surface area (Å²) >= 11 is 2.37. The summed E-state index contributed by atoms with van der Waals surface area (Å²) in [6.07, 6.45) is 0.857. The SMILES string of the molecule is NCc1ccc(PI)cc1. The Bertz CT molecular complexity index is 174. The second-order valence-corrected chi connectivity index (χ2v) is 4.38. The van der Waals surface area contributed by atoms with E-state index in [0.717, 1.165) is 6.22 Å². The number of nitrogens with two attached hydrogens (primary N) is 1. The van der Waals surface area contributed by atoms with Crippen LogP contribution in [0.15, 0.2) is 24.3 Å². The summed E-state index contributed by atoms with van der Waals surface area (Å²) in [5.41, 5.74) is 6.65. The summed E-state index contributed by atoms with van der Waals surface area (Å²) < 4.78 is 0.